The van der Waals surface area contributed by atoms with Gasteiger partial charge in [-0.15, -0.1) is 0 Å². The molecule has 2 atom stereocenters. The molecule has 2 saturated heterocycles. The molecular weight excluding hydrogens is 334 g/mol. The Kier molecular flexibility index (Phi) is 5.82. The number of carbonyl (C=O) groups excluding carboxylic acids is 3. The van der Waals surface area contributed by atoms with E-state index in [9.17, 15) is 14.4 Å². The highest BCUT2D eigenvalue weighted by Gasteiger charge is 2.35. The van der Waals surface area contributed by atoms with Gasteiger partial charge in [-0.05, 0) is 30.0 Å². The lowest BCUT2D eigenvalue weighted by Gasteiger charge is -2.21. The van der Waals surface area contributed by atoms with Crippen LogP contribution in [0.5, 0.6) is 0 Å². The first kappa shape index (κ1) is 18.3. The van der Waals surface area contributed by atoms with Crippen LogP contribution >= 0.6 is 0 Å². The molecule has 8 heteroatoms. The number of aromatic nitrogens is 1. The average Bonchev–Trinajstić information content (AvgIpc) is 3.13. The van der Waals surface area contributed by atoms with E-state index in [0.717, 1.165) is 37.4 Å². The van der Waals surface area contributed by atoms with Crippen LogP contribution in [0.1, 0.15) is 25.3 Å². The second-order valence-electron chi connectivity index (χ2n) is 6.91. The van der Waals surface area contributed by atoms with E-state index in [-0.39, 0.29) is 30.9 Å². The molecule has 3 rings (SSSR count). The molecule has 140 valence electrons. The topological polar surface area (TPSA) is 94.6 Å². The molecule has 1 aromatic heterocycles. The molecule has 0 unspecified atom stereocenters. The average molecular weight is 359 g/mol. The van der Waals surface area contributed by atoms with Gasteiger partial charge >= 0.3 is 6.03 Å². The first-order valence-electron chi connectivity index (χ1n) is 9.05. The molecule has 0 spiro atoms. The van der Waals surface area contributed by atoms with E-state index in [1.54, 1.807) is 12.4 Å². The van der Waals surface area contributed by atoms with Crippen LogP contribution in [0.3, 0.4) is 0 Å². The maximum Gasteiger partial charge on any atom is 0.325 e. The molecule has 2 aliphatic rings. The first-order chi connectivity index (χ1) is 12.6. The third-order valence-corrected chi connectivity index (χ3v) is 4.92. The van der Waals surface area contributed by atoms with Crippen molar-refractivity contribution < 1.29 is 14.4 Å². The lowest BCUT2D eigenvalue weighted by Crippen LogP contribution is -2.47. The molecule has 0 aliphatic carbocycles. The minimum atomic E-state index is -0.499. The Labute approximate surface area is 152 Å². The molecule has 3 heterocycles. The van der Waals surface area contributed by atoms with Gasteiger partial charge in [0.15, 0.2) is 0 Å². The fourth-order valence-electron chi connectivity index (χ4n) is 3.67. The van der Waals surface area contributed by atoms with Gasteiger partial charge in [-0.25, -0.2) is 4.79 Å². The number of likely N-dealkylation sites (tertiary alicyclic amines) is 1. The van der Waals surface area contributed by atoms with E-state index in [2.05, 4.69) is 27.4 Å². The Morgan fingerprint density at radius 1 is 1.31 bits per heavy atom. The van der Waals surface area contributed by atoms with E-state index < -0.39 is 6.03 Å². The summed E-state index contributed by atoms with van der Waals surface area (Å²) in [6.45, 7) is 4.39. The molecular formula is C18H25N5O3. The van der Waals surface area contributed by atoms with E-state index in [0.29, 0.717) is 5.92 Å². The third kappa shape index (κ3) is 4.37. The summed E-state index contributed by atoms with van der Waals surface area (Å²) in [6, 6.07) is 3.53. The van der Waals surface area contributed by atoms with E-state index in [1.807, 2.05) is 12.1 Å². The molecule has 0 bridgehead atoms. The summed E-state index contributed by atoms with van der Waals surface area (Å²) < 4.78 is 0. The Balaban J connectivity index is 1.57. The van der Waals surface area contributed by atoms with Gasteiger partial charge < -0.3 is 10.6 Å². The monoisotopic (exact) mass is 359 g/mol. The van der Waals surface area contributed by atoms with Crippen molar-refractivity contribution in [1.29, 1.82) is 0 Å². The van der Waals surface area contributed by atoms with Crippen molar-refractivity contribution in [3.63, 3.8) is 0 Å². The second-order valence-corrected chi connectivity index (χ2v) is 6.91. The van der Waals surface area contributed by atoms with Crippen LogP contribution in [0.4, 0.5) is 4.79 Å². The number of imide groups is 1. The molecule has 4 amide bonds. The summed E-state index contributed by atoms with van der Waals surface area (Å²) in [7, 11) is 0. The van der Waals surface area contributed by atoms with Crippen LogP contribution in [0.15, 0.2) is 24.5 Å². The van der Waals surface area contributed by atoms with Gasteiger partial charge in [0.25, 0.3) is 5.91 Å². The fourth-order valence-corrected chi connectivity index (χ4v) is 3.67. The van der Waals surface area contributed by atoms with Crippen molar-refractivity contribution in [3.05, 3.63) is 30.1 Å². The van der Waals surface area contributed by atoms with Crippen LogP contribution in [0.2, 0.25) is 0 Å². The Bertz CT molecular complexity index is 650. The number of nitrogens with zero attached hydrogens (tertiary/aromatic N) is 3. The summed E-state index contributed by atoms with van der Waals surface area (Å²) in [6.07, 6.45) is 5.65. The number of urea groups is 1. The van der Waals surface area contributed by atoms with Gasteiger partial charge in [0, 0.05) is 38.1 Å². The number of hydrogen-bond acceptors (Lipinski definition) is 5. The smallest absolute Gasteiger partial charge is 0.325 e. The summed E-state index contributed by atoms with van der Waals surface area (Å²) >= 11 is 0. The molecule has 1 aromatic rings. The third-order valence-electron chi connectivity index (χ3n) is 4.92. The molecule has 0 saturated carbocycles. The Hall–Kier alpha value is -2.48. The molecule has 8 nitrogen and oxygen atoms in total. The van der Waals surface area contributed by atoms with Crippen molar-refractivity contribution in [2.24, 2.45) is 5.92 Å². The van der Waals surface area contributed by atoms with Gasteiger partial charge in [0.2, 0.25) is 5.91 Å². The summed E-state index contributed by atoms with van der Waals surface area (Å²) in [5, 5.41) is 5.46. The molecule has 2 fully saturated rings. The summed E-state index contributed by atoms with van der Waals surface area (Å²) in [5.74, 6) is -0.276. The van der Waals surface area contributed by atoms with Gasteiger partial charge in [0.05, 0.1) is 6.54 Å². The minimum Gasteiger partial charge on any atom is -0.350 e. The number of amides is 4. The highest BCUT2D eigenvalue weighted by molar-refractivity contribution is 6.04. The summed E-state index contributed by atoms with van der Waals surface area (Å²) in [5.41, 5.74) is 1.20. The first-order valence-corrected chi connectivity index (χ1v) is 9.05. The SMILES string of the molecule is CCC[C@H]1CN(Cc2ccncc2)C[C@@H]1NC(=O)CN1C(=O)CNC1=O. The standard InChI is InChI=1S/C18H25N5O3/c1-2-3-14-10-22(9-13-4-6-19-7-5-13)11-15(14)21-16(24)12-23-17(25)8-20-18(23)26/h4-7,14-15H,2-3,8-12H2,1H3,(H,20,26)(H,21,24)/t14-,15-/m0/s1. The predicted molar refractivity (Wildman–Crippen MR) is 95.0 cm³/mol. The molecule has 2 N–H and O–H groups in total. The van der Waals surface area contributed by atoms with Crippen LogP contribution in [-0.2, 0) is 16.1 Å². The number of hydrogen-bond donors (Lipinski definition) is 2. The van der Waals surface area contributed by atoms with Crippen molar-refractivity contribution in [1.82, 2.24) is 25.4 Å². The van der Waals surface area contributed by atoms with Crippen molar-refractivity contribution in [3.8, 4) is 0 Å². The lowest BCUT2D eigenvalue weighted by molar-refractivity contribution is -0.131. The predicted octanol–water partition coefficient (Wildman–Crippen LogP) is 0.350. The number of pyridine rings is 1. The normalized spacial score (nSPS) is 23.3. The van der Waals surface area contributed by atoms with Gasteiger partial charge in [-0.3, -0.25) is 24.4 Å². The zero-order chi connectivity index (χ0) is 18.5. The van der Waals surface area contributed by atoms with Crippen molar-refractivity contribution >= 4 is 17.8 Å². The largest absolute Gasteiger partial charge is 0.350 e. The van der Waals surface area contributed by atoms with Crippen LogP contribution < -0.4 is 10.6 Å². The maximum absolute atomic E-state index is 12.3. The highest BCUT2D eigenvalue weighted by Crippen LogP contribution is 2.23. The van der Waals surface area contributed by atoms with Crippen molar-refractivity contribution in [2.75, 3.05) is 26.2 Å². The number of rotatable bonds is 7. The van der Waals surface area contributed by atoms with Crippen LogP contribution in [0, 0.1) is 5.92 Å². The van der Waals surface area contributed by atoms with Gasteiger partial charge in [0.1, 0.15) is 6.54 Å². The molecule has 26 heavy (non-hydrogen) atoms. The number of carbonyl (C=O) groups is 3. The zero-order valence-corrected chi connectivity index (χ0v) is 15.0. The van der Waals surface area contributed by atoms with E-state index >= 15 is 0 Å². The van der Waals surface area contributed by atoms with Gasteiger partial charge in [-0.2, -0.15) is 0 Å². The maximum atomic E-state index is 12.3. The molecule has 0 aromatic carbocycles. The Morgan fingerprint density at radius 2 is 2.08 bits per heavy atom. The van der Waals surface area contributed by atoms with E-state index in [1.165, 1.54) is 5.56 Å². The molecule has 2 aliphatic heterocycles. The fraction of sp³-hybridized carbons (Fsp3) is 0.556. The van der Waals surface area contributed by atoms with Crippen molar-refractivity contribution in [2.45, 2.75) is 32.4 Å². The van der Waals surface area contributed by atoms with Crippen LogP contribution in [-0.4, -0.2) is 64.9 Å². The van der Waals surface area contributed by atoms with Gasteiger partial charge in [-0.1, -0.05) is 13.3 Å². The number of nitrogens with one attached hydrogen (secondary N) is 2. The van der Waals surface area contributed by atoms with Crippen LogP contribution in [0.25, 0.3) is 0 Å². The van der Waals surface area contributed by atoms with E-state index in [4.69, 9.17) is 0 Å². The quantitative estimate of drug-likeness (QED) is 0.685. The zero-order valence-electron chi connectivity index (χ0n) is 15.0. The second kappa shape index (κ2) is 8.27. The Morgan fingerprint density at radius 3 is 2.73 bits per heavy atom. The molecule has 0 radical (unpaired) electrons. The highest BCUT2D eigenvalue weighted by atomic mass is 16.2. The summed E-state index contributed by atoms with van der Waals surface area (Å²) in [4.78, 5) is 42.9. The minimum absolute atomic E-state index is 0.0325. The lowest BCUT2D eigenvalue weighted by atomic mass is 9.98.